The first-order valence-corrected chi connectivity index (χ1v) is 6.36. The van der Waals surface area contributed by atoms with Crippen molar-refractivity contribution in [2.24, 2.45) is 7.05 Å². The van der Waals surface area contributed by atoms with Crippen molar-refractivity contribution in [3.63, 3.8) is 0 Å². The predicted octanol–water partition coefficient (Wildman–Crippen LogP) is 2.59. The molecule has 0 radical (unpaired) electrons. The SMILES string of the molecule is Cc1ccc([N+](=O)[O-])c(-c2nnc(CBr)n2C)c1. The molecule has 1 heterocycles. The topological polar surface area (TPSA) is 73.8 Å². The van der Waals surface area contributed by atoms with Gasteiger partial charge in [0.15, 0.2) is 5.82 Å². The van der Waals surface area contributed by atoms with Crippen molar-refractivity contribution in [3.05, 3.63) is 39.7 Å². The maximum absolute atomic E-state index is 11.0. The van der Waals surface area contributed by atoms with E-state index < -0.39 is 4.92 Å². The van der Waals surface area contributed by atoms with Gasteiger partial charge in [0, 0.05) is 13.1 Å². The molecule has 0 aliphatic carbocycles. The number of hydrogen-bond donors (Lipinski definition) is 0. The second-order valence-corrected chi connectivity index (χ2v) is 4.47. The quantitative estimate of drug-likeness (QED) is 0.496. The highest BCUT2D eigenvalue weighted by Gasteiger charge is 2.20. The van der Waals surface area contributed by atoms with Gasteiger partial charge in [-0.25, -0.2) is 0 Å². The van der Waals surface area contributed by atoms with Gasteiger partial charge in [0.25, 0.3) is 5.69 Å². The molecule has 0 saturated heterocycles. The summed E-state index contributed by atoms with van der Waals surface area (Å²) in [7, 11) is 1.79. The summed E-state index contributed by atoms with van der Waals surface area (Å²) in [5.74, 6) is 1.22. The van der Waals surface area contributed by atoms with E-state index in [1.165, 1.54) is 6.07 Å². The number of benzene rings is 1. The average Bonchev–Trinajstić information content (AvgIpc) is 2.69. The lowest BCUT2D eigenvalue weighted by atomic mass is 10.1. The second-order valence-electron chi connectivity index (χ2n) is 3.91. The van der Waals surface area contributed by atoms with Gasteiger partial charge in [0.1, 0.15) is 5.82 Å². The molecule has 18 heavy (non-hydrogen) atoms. The van der Waals surface area contributed by atoms with Crippen LogP contribution in [0.2, 0.25) is 0 Å². The van der Waals surface area contributed by atoms with Crippen LogP contribution in [0.4, 0.5) is 5.69 Å². The normalized spacial score (nSPS) is 10.6. The molecule has 2 aromatic rings. The molecule has 0 atom stereocenters. The minimum Gasteiger partial charge on any atom is -0.313 e. The molecule has 6 nitrogen and oxygen atoms in total. The van der Waals surface area contributed by atoms with Crippen molar-refractivity contribution in [3.8, 4) is 11.4 Å². The zero-order valence-electron chi connectivity index (χ0n) is 9.92. The van der Waals surface area contributed by atoms with Crippen LogP contribution >= 0.6 is 15.9 Å². The van der Waals surface area contributed by atoms with E-state index in [0.717, 1.165) is 11.4 Å². The number of rotatable bonds is 3. The third kappa shape index (κ3) is 2.13. The molecule has 0 aliphatic heterocycles. The monoisotopic (exact) mass is 310 g/mol. The molecule has 1 aromatic carbocycles. The minimum absolute atomic E-state index is 0.0391. The van der Waals surface area contributed by atoms with E-state index in [4.69, 9.17) is 0 Å². The van der Waals surface area contributed by atoms with E-state index >= 15 is 0 Å². The van der Waals surface area contributed by atoms with Crippen LogP contribution in [0.15, 0.2) is 18.2 Å². The fraction of sp³-hybridized carbons (Fsp3) is 0.273. The molecule has 0 amide bonds. The summed E-state index contributed by atoms with van der Waals surface area (Å²) in [4.78, 5) is 10.6. The van der Waals surface area contributed by atoms with Crippen molar-refractivity contribution in [1.82, 2.24) is 14.8 Å². The van der Waals surface area contributed by atoms with Crippen LogP contribution in [0, 0.1) is 17.0 Å². The predicted molar refractivity (Wildman–Crippen MR) is 70.5 cm³/mol. The van der Waals surface area contributed by atoms with Crippen molar-refractivity contribution in [2.75, 3.05) is 0 Å². The Labute approximate surface area is 112 Å². The van der Waals surface area contributed by atoms with E-state index in [0.29, 0.717) is 16.7 Å². The molecule has 0 unspecified atom stereocenters. The number of nitro groups is 1. The van der Waals surface area contributed by atoms with Gasteiger partial charge in [-0.1, -0.05) is 22.0 Å². The van der Waals surface area contributed by atoms with Gasteiger partial charge in [-0.15, -0.1) is 10.2 Å². The number of nitrogens with zero attached hydrogens (tertiary/aromatic N) is 4. The summed E-state index contributed by atoms with van der Waals surface area (Å²) in [5, 5.41) is 19.6. The van der Waals surface area contributed by atoms with Crippen LogP contribution in [-0.2, 0) is 12.4 Å². The number of alkyl halides is 1. The van der Waals surface area contributed by atoms with Gasteiger partial charge in [0.2, 0.25) is 0 Å². The van der Waals surface area contributed by atoms with Gasteiger partial charge in [0.05, 0.1) is 15.8 Å². The van der Waals surface area contributed by atoms with Gasteiger partial charge < -0.3 is 4.57 Å². The van der Waals surface area contributed by atoms with Gasteiger partial charge in [-0.2, -0.15) is 0 Å². The van der Waals surface area contributed by atoms with E-state index in [2.05, 4.69) is 26.1 Å². The highest BCUT2D eigenvalue weighted by Crippen LogP contribution is 2.29. The molecule has 0 fully saturated rings. The van der Waals surface area contributed by atoms with Crippen molar-refractivity contribution < 1.29 is 4.92 Å². The maximum atomic E-state index is 11.0. The Hall–Kier alpha value is -1.76. The van der Waals surface area contributed by atoms with Crippen LogP contribution in [0.25, 0.3) is 11.4 Å². The summed E-state index contributed by atoms with van der Waals surface area (Å²) in [6.45, 7) is 1.88. The Balaban J connectivity index is 2.65. The van der Waals surface area contributed by atoms with E-state index in [1.54, 1.807) is 23.7 Å². The number of nitro benzene ring substituents is 1. The largest absolute Gasteiger partial charge is 0.313 e. The number of aryl methyl sites for hydroxylation is 1. The molecule has 0 spiro atoms. The maximum Gasteiger partial charge on any atom is 0.280 e. The van der Waals surface area contributed by atoms with Crippen LogP contribution in [0.3, 0.4) is 0 Å². The third-order valence-corrected chi connectivity index (χ3v) is 3.18. The molecule has 0 saturated carbocycles. The second kappa shape index (κ2) is 4.85. The fourth-order valence-corrected chi connectivity index (χ4v) is 2.19. The highest BCUT2D eigenvalue weighted by atomic mass is 79.9. The first-order valence-electron chi connectivity index (χ1n) is 5.24. The molecule has 0 bridgehead atoms. The lowest BCUT2D eigenvalue weighted by molar-refractivity contribution is -0.384. The van der Waals surface area contributed by atoms with Crippen molar-refractivity contribution in [2.45, 2.75) is 12.3 Å². The molecule has 7 heteroatoms. The van der Waals surface area contributed by atoms with E-state index in [-0.39, 0.29) is 5.69 Å². The Morgan fingerprint density at radius 1 is 1.44 bits per heavy atom. The molecule has 2 rings (SSSR count). The lowest BCUT2D eigenvalue weighted by Gasteiger charge is -2.04. The number of halogens is 1. The zero-order chi connectivity index (χ0) is 13.3. The Kier molecular flexibility index (Phi) is 3.42. The smallest absolute Gasteiger partial charge is 0.280 e. The molecule has 0 N–H and O–H groups in total. The summed E-state index contributed by atoms with van der Waals surface area (Å²) in [6.07, 6.45) is 0. The Bertz CT molecular complexity index is 609. The molecular formula is C11H11BrN4O2. The first-order chi connectivity index (χ1) is 8.54. The minimum atomic E-state index is -0.405. The molecular weight excluding hydrogens is 300 g/mol. The van der Waals surface area contributed by atoms with E-state index in [9.17, 15) is 10.1 Å². The average molecular weight is 311 g/mol. The Morgan fingerprint density at radius 3 is 2.72 bits per heavy atom. The first kappa shape index (κ1) is 12.7. The zero-order valence-corrected chi connectivity index (χ0v) is 11.5. The lowest BCUT2D eigenvalue weighted by Crippen LogP contribution is -2.00. The molecule has 94 valence electrons. The summed E-state index contributed by atoms with van der Waals surface area (Å²) < 4.78 is 1.75. The Morgan fingerprint density at radius 2 is 2.17 bits per heavy atom. The summed E-state index contributed by atoms with van der Waals surface area (Å²) in [6, 6.07) is 4.96. The van der Waals surface area contributed by atoms with Crippen molar-refractivity contribution >= 4 is 21.6 Å². The highest BCUT2D eigenvalue weighted by molar-refractivity contribution is 9.08. The number of hydrogen-bond acceptors (Lipinski definition) is 4. The standard InChI is InChI=1S/C11H11BrN4O2/c1-7-3-4-9(16(17)18)8(5-7)11-14-13-10(6-12)15(11)2/h3-5H,6H2,1-2H3. The fourth-order valence-electron chi connectivity index (χ4n) is 1.70. The van der Waals surface area contributed by atoms with Gasteiger partial charge in [-0.05, 0) is 18.6 Å². The van der Waals surface area contributed by atoms with Gasteiger partial charge in [-0.3, -0.25) is 10.1 Å². The third-order valence-electron chi connectivity index (χ3n) is 2.67. The van der Waals surface area contributed by atoms with Crippen LogP contribution < -0.4 is 0 Å². The van der Waals surface area contributed by atoms with Gasteiger partial charge >= 0.3 is 0 Å². The van der Waals surface area contributed by atoms with Crippen molar-refractivity contribution in [1.29, 1.82) is 0 Å². The van der Waals surface area contributed by atoms with E-state index in [1.807, 2.05) is 6.92 Å². The van der Waals surface area contributed by atoms with Crippen LogP contribution in [0.5, 0.6) is 0 Å². The summed E-state index contributed by atoms with van der Waals surface area (Å²) >= 11 is 3.30. The summed E-state index contributed by atoms with van der Waals surface area (Å²) in [5.41, 5.74) is 1.47. The van der Waals surface area contributed by atoms with Crippen LogP contribution in [-0.4, -0.2) is 19.7 Å². The molecule has 1 aromatic heterocycles. The molecule has 0 aliphatic rings. The van der Waals surface area contributed by atoms with Crippen LogP contribution in [0.1, 0.15) is 11.4 Å². The number of aromatic nitrogens is 3.